The van der Waals surface area contributed by atoms with Crippen LogP contribution in [0, 0.1) is 0 Å². The van der Waals surface area contributed by atoms with Crippen molar-refractivity contribution in [2.45, 2.75) is 19.0 Å². The number of nitrogens with one attached hydrogen (secondary N) is 2. The Morgan fingerprint density at radius 2 is 2.32 bits per heavy atom. The van der Waals surface area contributed by atoms with E-state index in [2.05, 4.69) is 10.6 Å². The summed E-state index contributed by atoms with van der Waals surface area (Å²) in [4.78, 5) is 12.7. The third-order valence-corrected chi connectivity index (χ3v) is 5.79. The van der Waals surface area contributed by atoms with Gasteiger partial charge in [0.2, 0.25) is 5.91 Å². The van der Waals surface area contributed by atoms with Crippen LogP contribution in [0.15, 0.2) is 12.1 Å². The van der Waals surface area contributed by atoms with Gasteiger partial charge in [-0.05, 0) is 12.1 Å². The zero-order valence-electron chi connectivity index (χ0n) is 10.2. The van der Waals surface area contributed by atoms with Crippen LogP contribution in [0.4, 0.5) is 0 Å². The first-order valence-electron chi connectivity index (χ1n) is 5.89. The molecule has 1 aromatic heterocycles. The minimum absolute atomic E-state index is 0.0330. The SMILES string of the molecule is O=C(CC1CS(=O)(=O)CCN1)NCc1ccc(Cl)s1. The molecule has 1 atom stereocenters. The van der Waals surface area contributed by atoms with Gasteiger partial charge in [0.05, 0.1) is 22.4 Å². The summed E-state index contributed by atoms with van der Waals surface area (Å²) in [6, 6.07) is 3.35. The number of amides is 1. The van der Waals surface area contributed by atoms with E-state index in [1.54, 1.807) is 6.07 Å². The molecular weight excluding hydrogens is 308 g/mol. The third-order valence-electron chi connectivity index (χ3n) is 2.82. The van der Waals surface area contributed by atoms with Gasteiger partial charge in [0, 0.05) is 23.9 Å². The first kappa shape index (κ1) is 14.8. The highest BCUT2D eigenvalue weighted by Crippen LogP contribution is 2.21. The molecule has 0 spiro atoms. The van der Waals surface area contributed by atoms with E-state index in [1.807, 2.05) is 6.07 Å². The lowest BCUT2D eigenvalue weighted by atomic mass is 10.2. The second-order valence-electron chi connectivity index (χ2n) is 4.45. The average molecular weight is 323 g/mol. The monoisotopic (exact) mass is 322 g/mol. The van der Waals surface area contributed by atoms with E-state index < -0.39 is 9.84 Å². The fourth-order valence-electron chi connectivity index (χ4n) is 1.93. The van der Waals surface area contributed by atoms with E-state index in [9.17, 15) is 13.2 Å². The fourth-order valence-corrected chi connectivity index (χ4v) is 4.40. The van der Waals surface area contributed by atoms with Gasteiger partial charge in [-0.25, -0.2) is 8.42 Å². The van der Waals surface area contributed by atoms with Crippen LogP contribution in [-0.2, 0) is 21.2 Å². The largest absolute Gasteiger partial charge is 0.351 e. The molecular formula is C11H15ClN2O3S2. The van der Waals surface area contributed by atoms with E-state index in [1.165, 1.54) is 11.3 Å². The van der Waals surface area contributed by atoms with E-state index >= 15 is 0 Å². The molecule has 19 heavy (non-hydrogen) atoms. The summed E-state index contributed by atoms with van der Waals surface area (Å²) in [5, 5.41) is 5.81. The molecule has 5 nitrogen and oxygen atoms in total. The fraction of sp³-hybridized carbons (Fsp3) is 0.545. The van der Waals surface area contributed by atoms with Crippen molar-refractivity contribution in [2.24, 2.45) is 0 Å². The van der Waals surface area contributed by atoms with Gasteiger partial charge in [-0.2, -0.15) is 0 Å². The van der Waals surface area contributed by atoms with E-state index in [4.69, 9.17) is 11.6 Å². The lowest BCUT2D eigenvalue weighted by molar-refractivity contribution is -0.121. The number of sulfone groups is 1. The Morgan fingerprint density at radius 3 is 2.95 bits per heavy atom. The van der Waals surface area contributed by atoms with Crippen LogP contribution in [0.1, 0.15) is 11.3 Å². The van der Waals surface area contributed by atoms with Crippen molar-refractivity contribution >= 4 is 38.7 Å². The van der Waals surface area contributed by atoms with Gasteiger partial charge in [0.1, 0.15) is 0 Å². The predicted molar refractivity (Wildman–Crippen MR) is 76.2 cm³/mol. The first-order valence-corrected chi connectivity index (χ1v) is 8.91. The van der Waals surface area contributed by atoms with Crippen molar-refractivity contribution in [1.29, 1.82) is 0 Å². The number of carbonyl (C=O) groups is 1. The average Bonchev–Trinajstić information content (AvgIpc) is 2.71. The first-order chi connectivity index (χ1) is 8.94. The van der Waals surface area contributed by atoms with Crippen molar-refractivity contribution in [3.05, 3.63) is 21.3 Å². The van der Waals surface area contributed by atoms with Crippen LogP contribution in [0.2, 0.25) is 4.34 Å². The number of hydrogen-bond acceptors (Lipinski definition) is 5. The summed E-state index contributed by atoms with van der Waals surface area (Å²) >= 11 is 7.21. The van der Waals surface area contributed by atoms with Crippen molar-refractivity contribution in [2.75, 3.05) is 18.1 Å². The van der Waals surface area contributed by atoms with Gasteiger partial charge in [-0.15, -0.1) is 11.3 Å². The number of hydrogen-bond donors (Lipinski definition) is 2. The molecule has 1 fully saturated rings. The number of carbonyl (C=O) groups excluding carboxylic acids is 1. The summed E-state index contributed by atoms with van der Waals surface area (Å²) in [7, 11) is -3.00. The minimum Gasteiger partial charge on any atom is -0.351 e. The van der Waals surface area contributed by atoms with E-state index in [0.29, 0.717) is 17.4 Å². The van der Waals surface area contributed by atoms with Crippen LogP contribution >= 0.6 is 22.9 Å². The van der Waals surface area contributed by atoms with Crippen molar-refractivity contribution < 1.29 is 13.2 Å². The topological polar surface area (TPSA) is 75.3 Å². The summed E-state index contributed by atoms with van der Waals surface area (Å²) in [6.07, 6.45) is 0.179. The molecule has 2 N–H and O–H groups in total. The zero-order chi connectivity index (χ0) is 13.9. The Labute approximate surface area is 121 Å². The minimum atomic E-state index is -3.00. The van der Waals surface area contributed by atoms with Gasteiger partial charge >= 0.3 is 0 Å². The molecule has 1 unspecified atom stereocenters. The van der Waals surface area contributed by atoms with Crippen LogP contribution in [0.25, 0.3) is 0 Å². The van der Waals surface area contributed by atoms with Crippen molar-refractivity contribution in [3.8, 4) is 0 Å². The highest BCUT2D eigenvalue weighted by atomic mass is 35.5. The molecule has 1 aromatic rings. The van der Waals surface area contributed by atoms with Gasteiger partial charge < -0.3 is 10.6 Å². The Kier molecular flexibility index (Phi) is 4.83. The molecule has 0 bridgehead atoms. The second kappa shape index (κ2) is 6.21. The lowest BCUT2D eigenvalue weighted by Crippen LogP contribution is -2.47. The number of thiophene rings is 1. The maximum Gasteiger partial charge on any atom is 0.221 e. The number of halogens is 1. The molecule has 0 aromatic carbocycles. The molecule has 8 heteroatoms. The standard InChI is InChI=1S/C11H15ClN2O3S2/c12-10-2-1-9(18-10)6-14-11(15)5-8-7-19(16,17)4-3-13-8/h1-2,8,13H,3-7H2,(H,14,15). The molecule has 1 aliphatic rings. The summed E-state index contributed by atoms with van der Waals surface area (Å²) in [5.41, 5.74) is 0. The Hall–Kier alpha value is -0.630. The number of rotatable bonds is 4. The Balaban J connectivity index is 1.78. The highest BCUT2D eigenvalue weighted by molar-refractivity contribution is 7.91. The van der Waals surface area contributed by atoms with Gasteiger partial charge in [0.15, 0.2) is 9.84 Å². The highest BCUT2D eigenvalue weighted by Gasteiger charge is 2.25. The van der Waals surface area contributed by atoms with Crippen LogP contribution in [0.5, 0.6) is 0 Å². The second-order valence-corrected chi connectivity index (χ2v) is 8.48. The summed E-state index contributed by atoms with van der Waals surface area (Å²) in [6.45, 7) is 0.844. The molecule has 1 amide bonds. The van der Waals surface area contributed by atoms with Gasteiger partial charge in [-0.3, -0.25) is 4.79 Å². The zero-order valence-corrected chi connectivity index (χ0v) is 12.6. The Bertz CT molecular complexity index is 556. The van der Waals surface area contributed by atoms with E-state index in [-0.39, 0.29) is 29.9 Å². The third kappa shape index (κ3) is 4.76. The van der Waals surface area contributed by atoms with Crippen LogP contribution in [0.3, 0.4) is 0 Å². The molecule has 0 radical (unpaired) electrons. The van der Waals surface area contributed by atoms with E-state index in [0.717, 1.165) is 4.88 Å². The Morgan fingerprint density at radius 1 is 1.53 bits per heavy atom. The predicted octanol–water partition coefficient (Wildman–Crippen LogP) is 0.794. The molecule has 0 saturated carbocycles. The van der Waals surface area contributed by atoms with Gasteiger partial charge in [0.25, 0.3) is 0 Å². The molecule has 2 rings (SSSR count). The summed E-state index contributed by atoms with van der Waals surface area (Å²) < 4.78 is 23.6. The van der Waals surface area contributed by atoms with Crippen molar-refractivity contribution in [1.82, 2.24) is 10.6 Å². The maximum atomic E-state index is 11.7. The van der Waals surface area contributed by atoms with Crippen molar-refractivity contribution in [3.63, 3.8) is 0 Å². The normalized spacial score (nSPS) is 22.1. The molecule has 0 aliphatic carbocycles. The quantitative estimate of drug-likeness (QED) is 0.859. The summed E-state index contributed by atoms with van der Waals surface area (Å²) in [5.74, 6) is 0.0310. The molecule has 106 valence electrons. The maximum absolute atomic E-state index is 11.7. The van der Waals surface area contributed by atoms with Crippen LogP contribution < -0.4 is 10.6 Å². The van der Waals surface area contributed by atoms with Crippen LogP contribution in [-0.4, -0.2) is 38.4 Å². The molecule has 2 heterocycles. The molecule has 1 saturated heterocycles. The smallest absolute Gasteiger partial charge is 0.221 e. The molecule has 1 aliphatic heterocycles. The van der Waals surface area contributed by atoms with Gasteiger partial charge in [-0.1, -0.05) is 11.6 Å². The lowest BCUT2D eigenvalue weighted by Gasteiger charge is -2.23.